The van der Waals surface area contributed by atoms with Gasteiger partial charge in [-0.3, -0.25) is 0 Å². The van der Waals surface area contributed by atoms with E-state index in [1.54, 1.807) is 6.26 Å². The second-order valence-corrected chi connectivity index (χ2v) is 4.49. The van der Waals surface area contributed by atoms with Crippen LogP contribution in [0.25, 0.3) is 0 Å². The number of nitrogens with one attached hydrogen (secondary N) is 1. The van der Waals surface area contributed by atoms with E-state index in [0.717, 1.165) is 31.6 Å². The van der Waals surface area contributed by atoms with Crippen LogP contribution in [0.2, 0.25) is 0 Å². The van der Waals surface area contributed by atoms with E-state index in [4.69, 9.17) is 4.42 Å². The molecule has 0 amide bonds. The van der Waals surface area contributed by atoms with Gasteiger partial charge in [0.05, 0.1) is 6.26 Å². The van der Waals surface area contributed by atoms with Gasteiger partial charge in [0.2, 0.25) is 0 Å². The Kier molecular flexibility index (Phi) is 7.48. The van der Waals surface area contributed by atoms with Crippen LogP contribution in [0.5, 0.6) is 0 Å². The quantitative estimate of drug-likeness (QED) is 0.491. The number of furan rings is 1. The van der Waals surface area contributed by atoms with Crippen LogP contribution in [0.4, 0.5) is 0 Å². The molecule has 0 radical (unpaired) electrons. The fourth-order valence-electron chi connectivity index (χ4n) is 1.98. The highest BCUT2D eigenvalue weighted by atomic mass is 16.3. The summed E-state index contributed by atoms with van der Waals surface area (Å²) in [5.74, 6) is 1.09. The first-order valence-corrected chi connectivity index (χ1v) is 6.73. The van der Waals surface area contributed by atoms with Gasteiger partial charge in [0.25, 0.3) is 0 Å². The molecule has 0 bridgehead atoms. The van der Waals surface area contributed by atoms with E-state index in [9.17, 15) is 0 Å². The molecule has 0 spiro atoms. The highest BCUT2D eigenvalue weighted by Gasteiger charge is 2.08. The van der Waals surface area contributed by atoms with E-state index in [1.165, 1.54) is 19.3 Å². The average Bonchev–Trinajstić information content (AvgIpc) is 2.85. The molecule has 1 heterocycles. The minimum atomic E-state index is 0.611. The molecule has 1 aromatic heterocycles. The molecule has 17 heavy (non-hydrogen) atoms. The maximum Gasteiger partial charge on any atom is 0.103 e. The van der Waals surface area contributed by atoms with Crippen molar-refractivity contribution < 1.29 is 4.42 Å². The number of rotatable bonds is 10. The van der Waals surface area contributed by atoms with E-state index in [0.29, 0.717) is 6.04 Å². The van der Waals surface area contributed by atoms with E-state index in [2.05, 4.69) is 24.9 Å². The van der Waals surface area contributed by atoms with Crippen molar-refractivity contribution >= 4 is 0 Å². The molecular weight excluding hydrogens is 210 g/mol. The summed E-state index contributed by atoms with van der Waals surface area (Å²) >= 11 is 0. The second-order valence-electron chi connectivity index (χ2n) is 4.49. The summed E-state index contributed by atoms with van der Waals surface area (Å²) in [5.41, 5.74) is 0. The molecule has 1 N–H and O–H groups in total. The zero-order valence-corrected chi connectivity index (χ0v) is 11.0. The highest BCUT2D eigenvalue weighted by Crippen LogP contribution is 2.10. The molecule has 1 atom stereocenters. The largest absolute Gasteiger partial charge is 0.469 e. The van der Waals surface area contributed by atoms with Crippen molar-refractivity contribution in [1.82, 2.24) is 5.32 Å². The van der Waals surface area contributed by atoms with E-state index >= 15 is 0 Å². The molecule has 2 nitrogen and oxygen atoms in total. The summed E-state index contributed by atoms with van der Waals surface area (Å²) in [6.45, 7) is 7.09. The smallest absolute Gasteiger partial charge is 0.103 e. The first-order valence-electron chi connectivity index (χ1n) is 6.73. The summed E-state index contributed by atoms with van der Waals surface area (Å²) in [4.78, 5) is 0. The summed E-state index contributed by atoms with van der Waals surface area (Å²) in [6, 6.07) is 4.63. The van der Waals surface area contributed by atoms with Gasteiger partial charge >= 0.3 is 0 Å². The average molecular weight is 235 g/mol. The van der Waals surface area contributed by atoms with Gasteiger partial charge in [-0.05, 0) is 50.8 Å². The predicted molar refractivity (Wildman–Crippen MR) is 73.2 cm³/mol. The Balaban J connectivity index is 2.25. The van der Waals surface area contributed by atoms with Crippen LogP contribution in [-0.4, -0.2) is 12.6 Å². The highest BCUT2D eigenvalue weighted by molar-refractivity contribution is 4.98. The topological polar surface area (TPSA) is 25.2 Å². The summed E-state index contributed by atoms with van der Waals surface area (Å²) in [6.07, 6.45) is 10.7. The number of unbranched alkanes of at least 4 members (excludes halogenated alkanes) is 1. The Morgan fingerprint density at radius 2 is 2.35 bits per heavy atom. The molecule has 1 aromatic rings. The zero-order valence-electron chi connectivity index (χ0n) is 11.0. The maximum atomic E-state index is 5.37. The Morgan fingerprint density at radius 1 is 1.47 bits per heavy atom. The van der Waals surface area contributed by atoms with Crippen molar-refractivity contribution in [2.45, 2.75) is 51.5 Å². The van der Waals surface area contributed by atoms with Crippen LogP contribution in [-0.2, 0) is 6.42 Å². The van der Waals surface area contributed by atoms with Gasteiger partial charge in [-0.1, -0.05) is 13.0 Å². The second kappa shape index (κ2) is 9.06. The van der Waals surface area contributed by atoms with Gasteiger partial charge in [-0.15, -0.1) is 6.58 Å². The third kappa shape index (κ3) is 6.32. The molecular formula is C15H25NO. The SMILES string of the molecule is C=CCCCC(CCc1ccco1)NCCC. The van der Waals surface area contributed by atoms with E-state index in [-0.39, 0.29) is 0 Å². The van der Waals surface area contributed by atoms with Gasteiger partial charge in [0.15, 0.2) is 0 Å². The predicted octanol–water partition coefficient (Wildman–Crippen LogP) is 3.94. The minimum absolute atomic E-state index is 0.611. The summed E-state index contributed by atoms with van der Waals surface area (Å²) in [5, 5.41) is 3.61. The van der Waals surface area contributed by atoms with Gasteiger partial charge in [-0.25, -0.2) is 0 Å². The molecule has 0 aliphatic heterocycles. The number of aryl methyl sites for hydroxylation is 1. The van der Waals surface area contributed by atoms with Crippen molar-refractivity contribution in [2.75, 3.05) is 6.54 Å². The van der Waals surface area contributed by atoms with Crippen LogP contribution < -0.4 is 5.32 Å². The Hall–Kier alpha value is -1.02. The summed E-state index contributed by atoms with van der Waals surface area (Å²) < 4.78 is 5.37. The fourth-order valence-corrected chi connectivity index (χ4v) is 1.98. The first kappa shape index (κ1) is 14.0. The molecule has 2 heteroatoms. The number of hydrogen-bond acceptors (Lipinski definition) is 2. The van der Waals surface area contributed by atoms with Crippen molar-refractivity contribution in [3.05, 3.63) is 36.8 Å². The van der Waals surface area contributed by atoms with Crippen LogP contribution in [0.1, 0.15) is 44.8 Å². The standard InChI is InChI=1S/C15H25NO/c1-3-5-6-8-14(16-12-4-2)10-11-15-9-7-13-17-15/h3,7,9,13-14,16H,1,4-6,8,10-12H2,2H3. The molecule has 96 valence electrons. The fraction of sp³-hybridized carbons (Fsp3) is 0.600. The Bertz CT molecular complexity index is 279. The zero-order chi connectivity index (χ0) is 12.3. The van der Waals surface area contributed by atoms with Crippen LogP contribution in [0, 0.1) is 0 Å². The molecule has 0 aliphatic carbocycles. The molecule has 0 saturated carbocycles. The molecule has 0 fully saturated rings. The maximum absolute atomic E-state index is 5.37. The van der Waals surface area contributed by atoms with E-state index in [1.807, 2.05) is 12.1 Å². The van der Waals surface area contributed by atoms with Gasteiger partial charge in [0, 0.05) is 12.5 Å². The lowest BCUT2D eigenvalue weighted by molar-refractivity contribution is 0.419. The molecule has 0 saturated heterocycles. The lowest BCUT2D eigenvalue weighted by Crippen LogP contribution is -2.30. The molecule has 0 aliphatic rings. The van der Waals surface area contributed by atoms with Crippen LogP contribution in [0.15, 0.2) is 35.5 Å². The first-order chi connectivity index (χ1) is 8.36. The van der Waals surface area contributed by atoms with E-state index < -0.39 is 0 Å². The van der Waals surface area contributed by atoms with Crippen LogP contribution >= 0.6 is 0 Å². The Labute approximate surface area is 105 Å². The molecule has 1 rings (SSSR count). The lowest BCUT2D eigenvalue weighted by Gasteiger charge is -2.17. The lowest BCUT2D eigenvalue weighted by atomic mass is 10.0. The third-order valence-corrected chi connectivity index (χ3v) is 2.96. The normalized spacial score (nSPS) is 12.5. The van der Waals surface area contributed by atoms with Crippen molar-refractivity contribution in [2.24, 2.45) is 0 Å². The number of allylic oxidation sites excluding steroid dienone is 1. The monoisotopic (exact) mass is 235 g/mol. The summed E-state index contributed by atoms with van der Waals surface area (Å²) in [7, 11) is 0. The van der Waals surface area contributed by atoms with Crippen molar-refractivity contribution in [3.63, 3.8) is 0 Å². The van der Waals surface area contributed by atoms with Crippen molar-refractivity contribution in [1.29, 1.82) is 0 Å². The Morgan fingerprint density at radius 3 is 3.00 bits per heavy atom. The third-order valence-electron chi connectivity index (χ3n) is 2.96. The van der Waals surface area contributed by atoms with Crippen molar-refractivity contribution in [3.8, 4) is 0 Å². The minimum Gasteiger partial charge on any atom is -0.469 e. The number of hydrogen-bond donors (Lipinski definition) is 1. The van der Waals surface area contributed by atoms with Crippen LogP contribution in [0.3, 0.4) is 0 Å². The van der Waals surface area contributed by atoms with Gasteiger partial charge in [0.1, 0.15) is 5.76 Å². The molecule has 0 aromatic carbocycles. The van der Waals surface area contributed by atoms with Gasteiger partial charge in [-0.2, -0.15) is 0 Å². The molecule has 1 unspecified atom stereocenters. The van der Waals surface area contributed by atoms with Gasteiger partial charge < -0.3 is 9.73 Å².